The SMILES string of the molecule is COc1nc(C(F)(F)n2cccn2)cc2onc(N)c12. The highest BCUT2D eigenvalue weighted by molar-refractivity contribution is 5.91. The number of hydrogen-bond donors (Lipinski definition) is 1. The van der Waals surface area contributed by atoms with Crippen LogP contribution in [0.5, 0.6) is 5.88 Å². The number of ether oxygens (including phenoxy) is 1. The van der Waals surface area contributed by atoms with E-state index in [1.165, 1.54) is 19.4 Å². The maximum Gasteiger partial charge on any atom is 0.387 e. The van der Waals surface area contributed by atoms with E-state index in [0.29, 0.717) is 4.68 Å². The third kappa shape index (κ3) is 1.67. The van der Waals surface area contributed by atoms with Gasteiger partial charge in [0.25, 0.3) is 0 Å². The van der Waals surface area contributed by atoms with Crippen molar-refractivity contribution in [3.8, 4) is 5.88 Å². The first-order valence-electron chi connectivity index (χ1n) is 5.52. The van der Waals surface area contributed by atoms with E-state index in [0.717, 1.165) is 12.3 Å². The van der Waals surface area contributed by atoms with Crippen LogP contribution in [0.4, 0.5) is 14.6 Å². The van der Waals surface area contributed by atoms with Crippen molar-refractivity contribution in [1.82, 2.24) is 19.9 Å². The number of fused-ring (bicyclic) bond motifs is 1. The zero-order chi connectivity index (χ0) is 14.3. The number of halogens is 2. The number of alkyl halides is 2. The highest BCUT2D eigenvalue weighted by Crippen LogP contribution is 2.35. The molecule has 0 aliphatic rings. The first-order valence-corrected chi connectivity index (χ1v) is 5.52. The van der Waals surface area contributed by atoms with Gasteiger partial charge in [0.15, 0.2) is 11.4 Å². The van der Waals surface area contributed by atoms with Gasteiger partial charge >= 0.3 is 6.05 Å². The summed E-state index contributed by atoms with van der Waals surface area (Å²) in [6.07, 6.45) is 2.38. The molecule has 0 aliphatic heterocycles. The van der Waals surface area contributed by atoms with Gasteiger partial charge in [-0.25, -0.2) is 9.67 Å². The van der Waals surface area contributed by atoms with Crippen molar-refractivity contribution in [2.24, 2.45) is 0 Å². The average molecular weight is 281 g/mol. The molecule has 0 saturated carbocycles. The fraction of sp³-hybridized carbons (Fsp3) is 0.182. The molecular formula is C11H9F2N5O2. The highest BCUT2D eigenvalue weighted by atomic mass is 19.3. The molecule has 0 bridgehead atoms. The number of methoxy groups -OCH3 is 1. The lowest BCUT2D eigenvalue weighted by atomic mass is 10.2. The number of nitrogen functional groups attached to an aromatic ring is 1. The van der Waals surface area contributed by atoms with E-state index in [-0.39, 0.29) is 22.7 Å². The largest absolute Gasteiger partial charge is 0.480 e. The number of pyridine rings is 1. The molecule has 0 atom stereocenters. The highest BCUT2D eigenvalue weighted by Gasteiger charge is 2.38. The van der Waals surface area contributed by atoms with Gasteiger partial charge in [-0.3, -0.25) is 0 Å². The minimum Gasteiger partial charge on any atom is -0.480 e. The second-order valence-corrected chi connectivity index (χ2v) is 3.95. The number of anilines is 1. The standard InChI is InChI=1S/C11H9F2N5O2/c1-19-10-8-6(20-17-9(8)14)5-7(16-10)11(12,13)18-4-2-3-15-18/h2-5H,1H3,(H2,14,17). The molecule has 0 amide bonds. The molecule has 0 saturated heterocycles. The van der Waals surface area contributed by atoms with E-state index in [1.807, 2.05) is 0 Å². The molecule has 0 unspecified atom stereocenters. The van der Waals surface area contributed by atoms with Crippen molar-refractivity contribution in [3.63, 3.8) is 0 Å². The molecule has 0 aromatic carbocycles. The van der Waals surface area contributed by atoms with Crippen LogP contribution < -0.4 is 10.5 Å². The van der Waals surface area contributed by atoms with Gasteiger partial charge in [-0.15, -0.1) is 0 Å². The van der Waals surface area contributed by atoms with Gasteiger partial charge in [-0.2, -0.15) is 13.9 Å². The Balaban J connectivity index is 2.22. The van der Waals surface area contributed by atoms with Crippen LogP contribution in [0.25, 0.3) is 11.0 Å². The molecule has 3 rings (SSSR count). The number of hydrogen-bond acceptors (Lipinski definition) is 6. The maximum absolute atomic E-state index is 14.3. The summed E-state index contributed by atoms with van der Waals surface area (Å²) >= 11 is 0. The zero-order valence-electron chi connectivity index (χ0n) is 10.2. The molecule has 0 spiro atoms. The Labute approximate surface area is 110 Å². The lowest BCUT2D eigenvalue weighted by Crippen LogP contribution is -2.26. The molecular weight excluding hydrogens is 272 g/mol. The van der Waals surface area contributed by atoms with Crippen LogP contribution in [0, 0.1) is 0 Å². The van der Waals surface area contributed by atoms with E-state index in [1.54, 1.807) is 0 Å². The normalized spacial score (nSPS) is 11.9. The second-order valence-electron chi connectivity index (χ2n) is 3.95. The second kappa shape index (κ2) is 4.15. The Hall–Kier alpha value is -2.71. The molecule has 3 heterocycles. The predicted octanol–water partition coefficient (Wildman–Crippen LogP) is 1.61. The van der Waals surface area contributed by atoms with Crippen LogP contribution in [-0.2, 0) is 6.05 Å². The van der Waals surface area contributed by atoms with Crippen LogP contribution in [0.2, 0.25) is 0 Å². The summed E-state index contributed by atoms with van der Waals surface area (Å²) in [5.41, 5.74) is 5.06. The summed E-state index contributed by atoms with van der Waals surface area (Å²) in [6, 6.07) is -1.01. The Kier molecular flexibility index (Phi) is 2.56. The molecule has 9 heteroatoms. The number of rotatable bonds is 3. The minimum absolute atomic E-state index is 0.0262. The molecule has 3 aromatic rings. The van der Waals surface area contributed by atoms with Crippen LogP contribution in [0.15, 0.2) is 29.0 Å². The molecule has 0 aliphatic carbocycles. The number of nitrogens with zero attached hydrogens (tertiary/aromatic N) is 4. The molecule has 0 fully saturated rings. The summed E-state index contributed by atoms with van der Waals surface area (Å²) in [5, 5.41) is 7.28. The maximum atomic E-state index is 14.3. The number of nitrogens with two attached hydrogens (primary N) is 1. The predicted molar refractivity (Wildman–Crippen MR) is 64.3 cm³/mol. The van der Waals surface area contributed by atoms with E-state index in [4.69, 9.17) is 15.0 Å². The summed E-state index contributed by atoms with van der Waals surface area (Å²) in [6.45, 7) is 0. The smallest absolute Gasteiger partial charge is 0.387 e. The Morgan fingerprint density at radius 1 is 1.45 bits per heavy atom. The van der Waals surface area contributed by atoms with Crippen LogP contribution in [-0.4, -0.2) is 27.0 Å². The molecule has 104 valence electrons. The van der Waals surface area contributed by atoms with Crippen molar-refractivity contribution in [2.75, 3.05) is 12.8 Å². The molecule has 7 nitrogen and oxygen atoms in total. The van der Waals surface area contributed by atoms with E-state index < -0.39 is 11.7 Å². The fourth-order valence-corrected chi connectivity index (χ4v) is 1.81. The van der Waals surface area contributed by atoms with E-state index in [9.17, 15) is 8.78 Å². The zero-order valence-corrected chi connectivity index (χ0v) is 10.2. The van der Waals surface area contributed by atoms with Crippen molar-refractivity contribution in [2.45, 2.75) is 6.05 Å². The summed E-state index contributed by atoms with van der Waals surface area (Å²) in [7, 11) is 1.30. The third-order valence-corrected chi connectivity index (χ3v) is 2.74. The third-order valence-electron chi connectivity index (χ3n) is 2.74. The van der Waals surface area contributed by atoms with Gasteiger partial charge in [0.2, 0.25) is 5.88 Å². The number of aromatic nitrogens is 4. The minimum atomic E-state index is -3.45. The Morgan fingerprint density at radius 3 is 2.90 bits per heavy atom. The van der Waals surface area contributed by atoms with Gasteiger partial charge in [-0.05, 0) is 6.07 Å². The first-order chi connectivity index (χ1) is 9.54. The van der Waals surface area contributed by atoms with Crippen molar-refractivity contribution < 1.29 is 18.0 Å². The van der Waals surface area contributed by atoms with E-state index in [2.05, 4.69) is 15.2 Å². The first kappa shape index (κ1) is 12.3. The van der Waals surface area contributed by atoms with Gasteiger partial charge in [0, 0.05) is 18.5 Å². The van der Waals surface area contributed by atoms with Crippen molar-refractivity contribution >= 4 is 16.8 Å². The van der Waals surface area contributed by atoms with Crippen LogP contribution in [0.3, 0.4) is 0 Å². The quantitative estimate of drug-likeness (QED) is 0.784. The summed E-state index contributed by atoms with van der Waals surface area (Å²) in [5.74, 6) is -0.0543. The topological polar surface area (TPSA) is 92.0 Å². The van der Waals surface area contributed by atoms with Gasteiger partial charge in [0.1, 0.15) is 11.1 Å². The van der Waals surface area contributed by atoms with Crippen LogP contribution >= 0.6 is 0 Å². The summed E-state index contributed by atoms with van der Waals surface area (Å²) in [4.78, 5) is 3.77. The lowest BCUT2D eigenvalue weighted by Gasteiger charge is -2.16. The van der Waals surface area contributed by atoms with E-state index >= 15 is 0 Å². The monoisotopic (exact) mass is 281 g/mol. The van der Waals surface area contributed by atoms with Crippen molar-refractivity contribution in [3.05, 3.63) is 30.2 Å². The summed E-state index contributed by atoms with van der Waals surface area (Å²) < 4.78 is 38.9. The fourth-order valence-electron chi connectivity index (χ4n) is 1.81. The molecule has 0 radical (unpaired) electrons. The van der Waals surface area contributed by atoms with Crippen molar-refractivity contribution in [1.29, 1.82) is 0 Å². The lowest BCUT2D eigenvalue weighted by molar-refractivity contribution is -0.0526. The Bertz CT molecular complexity index is 754. The Morgan fingerprint density at radius 2 is 2.25 bits per heavy atom. The van der Waals surface area contributed by atoms with Gasteiger partial charge in [-0.1, -0.05) is 5.16 Å². The molecule has 3 aromatic heterocycles. The molecule has 20 heavy (non-hydrogen) atoms. The van der Waals surface area contributed by atoms with Gasteiger partial charge in [0.05, 0.1) is 7.11 Å². The van der Waals surface area contributed by atoms with Crippen LogP contribution in [0.1, 0.15) is 5.69 Å². The molecule has 2 N–H and O–H groups in total. The average Bonchev–Trinajstić information content (AvgIpc) is 3.08. The van der Waals surface area contributed by atoms with Gasteiger partial charge < -0.3 is 15.0 Å².